The van der Waals surface area contributed by atoms with E-state index in [0.717, 1.165) is 43.1 Å². The van der Waals surface area contributed by atoms with E-state index < -0.39 is 0 Å². The zero-order valence-corrected chi connectivity index (χ0v) is 12.8. The molecule has 3 nitrogen and oxygen atoms in total. The van der Waals surface area contributed by atoms with Gasteiger partial charge in [0, 0.05) is 30.9 Å². The fourth-order valence-electron chi connectivity index (χ4n) is 2.17. The van der Waals surface area contributed by atoms with Crippen LogP contribution in [0.2, 0.25) is 0 Å². The van der Waals surface area contributed by atoms with Gasteiger partial charge in [-0.05, 0) is 12.8 Å². The number of hydrogen-bond donors (Lipinski definition) is 1. The number of thiazole rings is 1. The molecule has 5 heteroatoms. The molecule has 1 aromatic heterocycles. The fraction of sp³-hybridized carbons (Fsp3) is 0.769. The minimum Gasteiger partial charge on any atom is -0.395 e. The third-order valence-corrected chi connectivity index (χ3v) is 4.43. The molecule has 1 N–H and O–H groups in total. The SMILES string of the molecule is CCC(CC)N(CCO)CCc1nc(CCl)cs1. The third-order valence-electron chi connectivity index (χ3n) is 3.20. The van der Waals surface area contributed by atoms with Crippen molar-refractivity contribution >= 4 is 22.9 Å². The molecule has 0 saturated heterocycles. The van der Waals surface area contributed by atoms with Crippen LogP contribution in [-0.4, -0.2) is 40.7 Å². The minimum absolute atomic E-state index is 0.224. The van der Waals surface area contributed by atoms with E-state index in [-0.39, 0.29) is 6.61 Å². The van der Waals surface area contributed by atoms with Gasteiger partial charge in [0.25, 0.3) is 0 Å². The number of aliphatic hydroxyl groups is 1. The molecule has 0 saturated carbocycles. The Morgan fingerprint density at radius 2 is 2.11 bits per heavy atom. The Balaban J connectivity index is 2.50. The molecule has 1 heterocycles. The van der Waals surface area contributed by atoms with Gasteiger partial charge in [0.1, 0.15) is 0 Å². The summed E-state index contributed by atoms with van der Waals surface area (Å²) in [4.78, 5) is 6.83. The summed E-state index contributed by atoms with van der Waals surface area (Å²) in [6, 6.07) is 0.560. The highest BCUT2D eigenvalue weighted by Crippen LogP contribution is 2.14. The first-order valence-corrected chi connectivity index (χ1v) is 8.00. The highest BCUT2D eigenvalue weighted by atomic mass is 35.5. The van der Waals surface area contributed by atoms with Gasteiger partial charge in [0.05, 0.1) is 23.2 Å². The average molecular weight is 291 g/mol. The number of aliphatic hydroxyl groups excluding tert-OH is 1. The molecule has 1 rings (SSSR count). The van der Waals surface area contributed by atoms with Crippen LogP contribution in [0, 0.1) is 0 Å². The van der Waals surface area contributed by atoms with E-state index in [2.05, 4.69) is 23.7 Å². The average Bonchev–Trinajstić information content (AvgIpc) is 2.85. The number of aromatic nitrogens is 1. The van der Waals surface area contributed by atoms with Crippen molar-refractivity contribution < 1.29 is 5.11 Å². The summed E-state index contributed by atoms with van der Waals surface area (Å²) in [5.74, 6) is 0.489. The van der Waals surface area contributed by atoms with Crippen LogP contribution >= 0.6 is 22.9 Å². The molecule has 0 bridgehead atoms. The molecule has 0 unspecified atom stereocenters. The summed E-state index contributed by atoms with van der Waals surface area (Å²) >= 11 is 7.43. The molecule has 0 aliphatic heterocycles. The highest BCUT2D eigenvalue weighted by Gasteiger charge is 2.14. The maximum absolute atomic E-state index is 9.14. The first kappa shape index (κ1) is 15.9. The minimum atomic E-state index is 0.224. The number of alkyl halides is 1. The number of rotatable bonds is 9. The molecule has 0 aromatic carbocycles. The molecular weight excluding hydrogens is 268 g/mol. The Morgan fingerprint density at radius 3 is 2.61 bits per heavy atom. The third kappa shape index (κ3) is 4.84. The van der Waals surface area contributed by atoms with Crippen molar-refractivity contribution in [2.45, 2.75) is 45.0 Å². The van der Waals surface area contributed by atoms with Crippen LogP contribution < -0.4 is 0 Å². The lowest BCUT2D eigenvalue weighted by Gasteiger charge is -2.29. The van der Waals surface area contributed by atoms with Crippen LogP contribution in [0.15, 0.2) is 5.38 Å². The molecule has 0 fully saturated rings. The summed E-state index contributed by atoms with van der Waals surface area (Å²) in [5, 5.41) is 12.3. The zero-order chi connectivity index (χ0) is 13.4. The maximum Gasteiger partial charge on any atom is 0.0941 e. The van der Waals surface area contributed by atoms with E-state index in [9.17, 15) is 0 Å². The van der Waals surface area contributed by atoms with Crippen molar-refractivity contribution in [2.24, 2.45) is 0 Å². The molecule has 0 atom stereocenters. The largest absolute Gasteiger partial charge is 0.395 e. The molecule has 0 aliphatic carbocycles. The van der Waals surface area contributed by atoms with Crippen LogP contribution in [0.1, 0.15) is 37.4 Å². The number of hydrogen-bond acceptors (Lipinski definition) is 4. The zero-order valence-electron chi connectivity index (χ0n) is 11.2. The second-order valence-corrected chi connectivity index (χ2v) is 5.56. The Morgan fingerprint density at radius 1 is 1.39 bits per heavy atom. The van der Waals surface area contributed by atoms with Crippen molar-refractivity contribution in [3.05, 3.63) is 16.1 Å². The lowest BCUT2D eigenvalue weighted by Crippen LogP contribution is -2.38. The van der Waals surface area contributed by atoms with Gasteiger partial charge in [0.2, 0.25) is 0 Å². The number of nitrogens with zero attached hydrogens (tertiary/aromatic N) is 2. The standard InChI is InChI=1S/C13H23ClN2OS/c1-3-12(4-2)16(7-8-17)6-5-13-15-11(9-14)10-18-13/h10,12,17H,3-9H2,1-2H3. The Labute approximate surface area is 119 Å². The molecular formula is C13H23ClN2OS. The topological polar surface area (TPSA) is 36.4 Å². The van der Waals surface area contributed by atoms with E-state index in [1.165, 1.54) is 0 Å². The predicted octanol–water partition coefficient (Wildman–Crippen LogP) is 2.91. The first-order chi connectivity index (χ1) is 8.74. The predicted molar refractivity (Wildman–Crippen MR) is 78.4 cm³/mol. The van der Waals surface area contributed by atoms with Crippen LogP contribution in [-0.2, 0) is 12.3 Å². The van der Waals surface area contributed by atoms with Gasteiger partial charge in [-0.15, -0.1) is 22.9 Å². The molecule has 0 radical (unpaired) electrons. The first-order valence-electron chi connectivity index (χ1n) is 6.59. The molecule has 18 heavy (non-hydrogen) atoms. The van der Waals surface area contributed by atoms with Gasteiger partial charge >= 0.3 is 0 Å². The quantitative estimate of drug-likeness (QED) is 0.711. The lowest BCUT2D eigenvalue weighted by atomic mass is 10.1. The normalized spacial score (nSPS) is 11.7. The van der Waals surface area contributed by atoms with Gasteiger partial charge < -0.3 is 5.11 Å². The van der Waals surface area contributed by atoms with Crippen molar-refractivity contribution in [1.82, 2.24) is 9.88 Å². The van der Waals surface area contributed by atoms with E-state index in [1.54, 1.807) is 11.3 Å². The fourth-order valence-corrected chi connectivity index (χ4v) is 3.19. The van der Waals surface area contributed by atoms with Gasteiger partial charge in [-0.1, -0.05) is 13.8 Å². The summed E-state index contributed by atoms with van der Waals surface area (Å²) < 4.78 is 0. The van der Waals surface area contributed by atoms with E-state index in [4.69, 9.17) is 16.7 Å². The van der Waals surface area contributed by atoms with E-state index >= 15 is 0 Å². The van der Waals surface area contributed by atoms with Crippen molar-refractivity contribution in [3.63, 3.8) is 0 Å². The molecule has 1 aromatic rings. The Kier molecular flexibility index (Phi) is 7.82. The van der Waals surface area contributed by atoms with E-state index in [1.807, 2.05) is 5.38 Å². The molecule has 0 spiro atoms. The summed E-state index contributed by atoms with van der Waals surface area (Å²) in [6.07, 6.45) is 3.20. The second-order valence-electron chi connectivity index (χ2n) is 4.35. The monoisotopic (exact) mass is 290 g/mol. The van der Waals surface area contributed by atoms with Crippen molar-refractivity contribution in [2.75, 3.05) is 19.7 Å². The summed E-state index contributed by atoms with van der Waals surface area (Å²) in [6.45, 7) is 6.34. The molecule has 0 amide bonds. The van der Waals surface area contributed by atoms with Crippen LogP contribution in [0.5, 0.6) is 0 Å². The lowest BCUT2D eigenvalue weighted by molar-refractivity contribution is 0.145. The maximum atomic E-state index is 9.14. The summed E-state index contributed by atoms with van der Waals surface area (Å²) in [7, 11) is 0. The Hall–Kier alpha value is -0.160. The van der Waals surface area contributed by atoms with Gasteiger partial charge in [-0.3, -0.25) is 4.90 Å². The van der Waals surface area contributed by atoms with Crippen LogP contribution in [0.4, 0.5) is 0 Å². The van der Waals surface area contributed by atoms with Gasteiger partial charge in [-0.25, -0.2) is 4.98 Å². The second kappa shape index (κ2) is 8.86. The summed E-state index contributed by atoms with van der Waals surface area (Å²) in [5.41, 5.74) is 0.966. The smallest absolute Gasteiger partial charge is 0.0941 e. The van der Waals surface area contributed by atoms with Crippen LogP contribution in [0.3, 0.4) is 0 Å². The highest BCUT2D eigenvalue weighted by molar-refractivity contribution is 7.09. The van der Waals surface area contributed by atoms with E-state index in [0.29, 0.717) is 11.9 Å². The van der Waals surface area contributed by atoms with Gasteiger partial charge in [-0.2, -0.15) is 0 Å². The molecule has 104 valence electrons. The van der Waals surface area contributed by atoms with Crippen LogP contribution in [0.25, 0.3) is 0 Å². The van der Waals surface area contributed by atoms with Gasteiger partial charge in [0.15, 0.2) is 0 Å². The number of halogens is 1. The molecule has 0 aliphatic rings. The van der Waals surface area contributed by atoms with Crippen molar-refractivity contribution in [3.8, 4) is 0 Å². The Bertz CT molecular complexity index is 329. The van der Waals surface area contributed by atoms with Crippen molar-refractivity contribution in [1.29, 1.82) is 0 Å².